The molecule has 0 bridgehead atoms. The smallest absolute Gasteiger partial charge is 0.350 e. The molecule has 9 heteroatoms. The van der Waals surface area contributed by atoms with Crippen LogP contribution in [-0.4, -0.2) is 44.3 Å². The fraction of sp³-hybridized carbons (Fsp3) is 0.357. The van der Waals surface area contributed by atoms with Gasteiger partial charge < -0.3 is 10.1 Å². The molecule has 1 heterocycles. The average Bonchev–Trinajstić information content (AvgIpc) is 3.27. The van der Waals surface area contributed by atoms with Gasteiger partial charge in [0.2, 0.25) is 10.0 Å². The second-order valence-electron chi connectivity index (χ2n) is 9.53. The SMILES string of the molecule is CCOC(=O)c1sc(-c2ccccc2)cc1NC(=O)c1ccc(S(=O)(=O)N(CC(C)C)CC(C)C)cc1. The number of carbonyl (C=O) groups is 2. The zero-order chi connectivity index (χ0) is 27.2. The van der Waals surface area contributed by atoms with E-state index in [0.29, 0.717) is 23.7 Å². The van der Waals surface area contributed by atoms with Crippen molar-refractivity contribution in [2.45, 2.75) is 39.5 Å². The maximum atomic E-state index is 13.3. The van der Waals surface area contributed by atoms with Crippen LogP contribution in [-0.2, 0) is 14.8 Å². The van der Waals surface area contributed by atoms with Crippen molar-refractivity contribution in [3.05, 3.63) is 71.1 Å². The van der Waals surface area contributed by atoms with Gasteiger partial charge in [0.15, 0.2) is 0 Å². The molecule has 3 rings (SSSR count). The summed E-state index contributed by atoms with van der Waals surface area (Å²) in [5.41, 5.74) is 1.55. The molecule has 1 amide bonds. The molecule has 1 N–H and O–H groups in total. The van der Waals surface area contributed by atoms with Crippen molar-refractivity contribution in [1.29, 1.82) is 0 Å². The Morgan fingerprint density at radius 3 is 2.08 bits per heavy atom. The molecule has 198 valence electrons. The summed E-state index contributed by atoms with van der Waals surface area (Å²) in [6, 6.07) is 17.2. The Kier molecular flexibility index (Phi) is 9.64. The van der Waals surface area contributed by atoms with Crippen LogP contribution in [0.15, 0.2) is 65.6 Å². The van der Waals surface area contributed by atoms with Crippen LogP contribution in [0.5, 0.6) is 0 Å². The van der Waals surface area contributed by atoms with Gasteiger partial charge in [-0.3, -0.25) is 4.79 Å². The van der Waals surface area contributed by atoms with Crippen LogP contribution in [0.1, 0.15) is 54.6 Å². The van der Waals surface area contributed by atoms with Crippen molar-refractivity contribution >= 4 is 38.9 Å². The lowest BCUT2D eigenvalue weighted by molar-refractivity contribution is 0.0533. The Labute approximate surface area is 223 Å². The van der Waals surface area contributed by atoms with Crippen LogP contribution in [0, 0.1) is 11.8 Å². The molecule has 0 atom stereocenters. The van der Waals surface area contributed by atoms with Crippen LogP contribution in [0.2, 0.25) is 0 Å². The fourth-order valence-corrected chi connectivity index (χ4v) is 6.56. The van der Waals surface area contributed by atoms with E-state index in [-0.39, 0.29) is 28.9 Å². The molecule has 0 fully saturated rings. The van der Waals surface area contributed by atoms with Crippen LogP contribution >= 0.6 is 11.3 Å². The third kappa shape index (κ3) is 7.28. The van der Waals surface area contributed by atoms with E-state index in [2.05, 4.69) is 5.32 Å². The number of hydrogen-bond donors (Lipinski definition) is 1. The minimum absolute atomic E-state index is 0.138. The number of rotatable bonds is 11. The summed E-state index contributed by atoms with van der Waals surface area (Å²) >= 11 is 1.24. The Morgan fingerprint density at radius 2 is 1.54 bits per heavy atom. The van der Waals surface area contributed by atoms with Crippen LogP contribution < -0.4 is 5.32 Å². The quantitative estimate of drug-likeness (QED) is 0.294. The molecule has 7 nitrogen and oxygen atoms in total. The van der Waals surface area contributed by atoms with Gasteiger partial charge in [0, 0.05) is 23.5 Å². The molecule has 0 spiro atoms. The van der Waals surface area contributed by atoms with Crippen molar-refractivity contribution in [2.24, 2.45) is 11.8 Å². The molecular weight excluding hydrogens is 508 g/mol. The number of esters is 1. The zero-order valence-corrected chi connectivity index (χ0v) is 23.5. The predicted molar refractivity (Wildman–Crippen MR) is 149 cm³/mol. The highest BCUT2D eigenvalue weighted by Crippen LogP contribution is 2.35. The molecule has 0 aliphatic heterocycles. The van der Waals surface area contributed by atoms with E-state index < -0.39 is 21.9 Å². The van der Waals surface area contributed by atoms with Crippen molar-refractivity contribution in [3.8, 4) is 10.4 Å². The minimum Gasteiger partial charge on any atom is -0.462 e. The van der Waals surface area contributed by atoms with Gasteiger partial charge in [-0.05, 0) is 54.7 Å². The Hall–Kier alpha value is -3.01. The lowest BCUT2D eigenvalue weighted by Gasteiger charge is -2.25. The monoisotopic (exact) mass is 542 g/mol. The number of hydrogen-bond acceptors (Lipinski definition) is 6. The molecule has 0 aliphatic carbocycles. The van der Waals surface area contributed by atoms with Crippen LogP contribution in [0.25, 0.3) is 10.4 Å². The number of amides is 1. The Morgan fingerprint density at radius 1 is 0.946 bits per heavy atom. The van der Waals surface area contributed by atoms with E-state index in [1.807, 2.05) is 58.0 Å². The van der Waals surface area contributed by atoms with Crippen LogP contribution in [0.4, 0.5) is 5.69 Å². The van der Waals surface area contributed by atoms with Gasteiger partial charge in [-0.1, -0.05) is 58.0 Å². The fourth-order valence-electron chi connectivity index (χ4n) is 3.78. The number of carbonyl (C=O) groups excluding carboxylic acids is 2. The Balaban J connectivity index is 1.86. The summed E-state index contributed by atoms with van der Waals surface area (Å²) in [4.78, 5) is 26.9. The molecule has 0 saturated carbocycles. The lowest BCUT2D eigenvalue weighted by atomic mass is 10.2. The molecule has 0 saturated heterocycles. The number of thiophene rings is 1. The standard InChI is InChI=1S/C28H34N2O5S2/c1-6-35-28(32)26-24(16-25(36-26)21-10-8-7-9-11-21)29-27(31)22-12-14-23(15-13-22)37(33,34)30(17-19(2)3)18-20(4)5/h7-16,19-20H,6,17-18H2,1-5H3,(H,29,31). The highest BCUT2D eigenvalue weighted by molar-refractivity contribution is 7.89. The van der Waals surface area contributed by atoms with Crippen molar-refractivity contribution in [2.75, 3.05) is 25.0 Å². The van der Waals surface area contributed by atoms with Gasteiger partial charge in [0.05, 0.1) is 17.2 Å². The van der Waals surface area contributed by atoms with Gasteiger partial charge in [-0.2, -0.15) is 4.31 Å². The predicted octanol–water partition coefficient (Wildman–Crippen LogP) is 6.15. The summed E-state index contributed by atoms with van der Waals surface area (Å²) in [6.07, 6.45) is 0. The van der Waals surface area contributed by atoms with Gasteiger partial charge >= 0.3 is 5.97 Å². The van der Waals surface area contributed by atoms with Gasteiger partial charge in [0.25, 0.3) is 5.91 Å². The summed E-state index contributed by atoms with van der Waals surface area (Å²) < 4.78 is 33.2. The molecule has 2 aromatic carbocycles. The largest absolute Gasteiger partial charge is 0.462 e. The lowest BCUT2D eigenvalue weighted by Crippen LogP contribution is -2.37. The van der Waals surface area contributed by atoms with E-state index in [0.717, 1.165) is 10.4 Å². The maximum absolute atomic E-state index is 13.3. The van der Waals surface area contributed by atoms with Crippen molar-refractivity contribution < 1.29 is 22.7 Å². The normalized spacial score (nSPS) is 11.8. The number of ether oxygens (including phenoxy) is 1. The molecule has 0 radical (unpaired) electrons. The highest BCUT2D eigenvalue weighted by Gasteiger charge is 2.26. The van der Waals surface area contributed by atoms with Gasteiger partial charge in [0.1, 0.15) is 4.88 Å². The second kappa shape index (κ2) is 12.5. The first-order valence-corrected chi connectivity index (χ1v) is 14.6. The molecule has 1 aromatic heterocycles. The van der Waals surface area contributed by atoms with E-state index in [1.54, 1.807) is 13.0 Å². The second-order valence-corrected chi connectivity index (χ2v) is 12.5. The van der Waals surface area contributed by atoms with E-state index in [1.165, 1.54) is 39.9 Å². The third-order valence-electron chi connectivity index (χ3n) is 5.39. The van der Waals surface area contributed by atoms with E-state index >= 15 is 0 Å². The molecule has 0 unspecified atom stereocenters. The van der Waals surface area contributed by atoms with Gasteiger partial charge in [-0.15, -0.1) is 11.3 Å². The first kappa shape index (κ1) is 28.6. The maximum Gasteiger partial charge on any atom is 0.350 e. The van der Waals surface area contributed by atoms with E-state index in [4.69, 9.17) is 4.74 Å². The van der Waals surface area contributed by atoms with Gasteiger partial charge in [-0.25, -0.2) is 13.2 Å². The highest BCUT2D eigenvalue weighted by atomic mass is 32.2. The van der Waals surface area contributed by atoms with Crippen molar-refractivity contribution in [1.82, 2.24) is 4.31 Å². The number of benzene rings is 2. The topological polar surface area (TPSA) is 92.8 Å². The number of sulfonamides is 1. The molecule has 37 heavy (non-hydrogen) atoms. The van der Waals surface area contributed by atoms with Crippen molar-refractivity contribution in [3.63, 3.8) is 0 Å². The third-order valence-corrected chi connectivity index (χ3v) is 8.40. The number of nitrogens with one attached hydrogen (secondary N) is 1. The van der Waals surface area contributed by atoms with Crippen LogP contribution in [0.3, 0.4) is 0 Å². The number of nitrogens with zero attached hydrogens (tertiary/aromatic N) is 1. The zero-order valence-electron chi connectivity index (χ0n) is 21.9. The summed E-state index contributed by atoms with van der Waals surface area (Å²) in [7, 11) is -3.70. The molecule has 0 aliphatic rings. The first-order valence-electron chi connectivity index (χ1n) is 12.3. The summed E-state index contributed by atoms with van der Waals surface area (Å²) in [5.74, 6) is -0.605. The molecular formula is C28H34N2O5S2. The Bertz CT molecular complexity index is 1300. The number of anilines is 1. The van der Waals surface area contributed by atoms with E-state index in [9.17, 15) is 18.0 Å². The summed E-state index contributed by atoms with van der Waals surface area (Å²) in [5, 5.41) is 2.80. The first-order chi connectivity index (χ1) is 17.5. The minimum atomic E-state index is -3.70. The summed E-state index contributed by atoms with van der Waals surface area (Å²) in [6.45, 7) is 10.7. The average molecular weight is 543 g/mol. The molecule has 3 aromatic rings.